The fraction of sp³-hybridized carbons (Fsp3) is 0.214. The molecule has 1 aliphatic carbocycles. The van der Waals surface area contributed by atoms with Crippen molar-refractivity contribution in [3.05, 3.63) is 101 Å². The third-order valence-corrected chi connectivity index (χ3v) is 8.35. The molecule has 0 fully saturated rings. The fourth-order valence-electron chi connectivity index (χ4n) is 4.89. The summed E-state index contributed by atoms with van der Waals surface area (Å²) >= 11 is 0. The van der Waals surface area contributed by atoms with Crippen LogP contribution in [0.25, 0.3) is 11.6 Å². The normalized spacial score (nSPS) is 22.1. The van der Waals surface area contributed by atoms with Gasteiger partial charge in [-0.3, -0.25) is 9.30 Å². The van der Waals surface area contributed by atoms with Crippen LogP contribution in [0.1, 0.15) is 35.1 Å². The van der Waals surface area contributed by atoms with Gasteiger partial charge in [0.25, 0.3) is 10.0 Å². The SMILES string of the molecule is CCOC(=O)C12N=CN(S(=O)(=O)c3ccc(C)cc3)CC1c1ccccc1/C2=C/c1ccccc1. The zero-order valence-electron chi connectivity index (χ0n) is 19.6. The summed E-state index contributed by atoms with van der Waals surface area (Å²) in [5, 5.41) is 0. The van der Waals surface area contributed by atoms with Crippen LogP contribution in [0.5, 0.6) is 0 Å². The second-order valence-electron chi connectivity index (χ2n) is 8.73. The van der Waals surface area contributed by atoms with Crippen molar-refractivity contribution >= 4 is 34.0 Å². The van der Waals surface area contributed by atoms with Gasteiger partial charge in [0.1, 0.15) is 6.34 Å². The zero-order chi connectivity index (χ0) is 24.6. The summed E-state index contributed by atoms with van der Waals surface area (Å²) in [6, 6.07) is 24.1. The maximum absolute atomic E-state index is 13.6. The average molecular weight is 487 g/mol. The van der Waals surface area contributed by atoms with Crippen molar-refractivity contribution in [3.8, 4) is 0 Å². The molecule has 0 amide bonds. The second kappa shape index (κ2) is 8.82. The second-order valence-corrected chi connectivity index (χ2v) is 10.6. The lowest BCUT2D eigenvalue weighted by molar-refractivity contribution is -0.147. The van der Waals surface area contributed by atoms with Crippen molar-refractivity contribution in [1.82, 2.24) is 4.31 Å². The van der Waals surface area contributed by atoms with Crippen LogP contribution in [-0.2, 0) is 19.6 Å². The van der Waals surface area contributed by atoms with E-state index in [0.29, 0.717) is 5.57 Å². The first-order valence-electron chi connectivity index (χ1n) is 11.6. The molecule has 3 aromatic rings. The van der Waals surface area contributed by atoms with E-state index in [9.17, 15) is 13.2 Å². The Labute approximate surface area is 205 Å². The van der Waals surface area contributed by atoms with Gasteiger partial charge in [-0.1, -0.05) is 72.3 Å². The number of benzene rings is 3. The standard InChI is InChI=1S/C28H26N2O4S/c1-3-34-27(31)28-25(17-21-9-5-4-6-10-21)23-11-7-8-12-24(23)26(28)18-30(19-29-28)35(32,33)22-15-13-20(2)14-16-22/h4-17,19,26H,3,18H2,1-2H3/b25-17-. The molecule has 0 bridgehead atoms. The van der Waals surface area contributed by atoms with Crippen molar-refractivity contribution in [2.24, 2.45) is 4.99 Å². The zero-order valence-corrected chi connectivity index (χ0v) is 20.4. The van der Waals surface area contributed by atoms with E-state index in [1.54, 1.807) is 31.2 Å². The third-order valence-electron chi connectivity index (χ3n) is 6.62. The van der Waals surface area contributed by atoms with Gasteiger partial charge < -0.3 is 4.74 Å². The first-order chi connectivity index (χ1) is 16.9. The maximum Gasteiger partial charge on any atom is 0.339 e. The Hall–Kier alpha value is -3.71. The molecule has 0 saturated carbocycles. The van der Waals surface area contributed by atoms with Gasteiger partial charge >= 0.3 is 5.97 Å². The van der Waals surface area contributed by atoms with Crippen LogP contribution in [0, 0.1) is 6.92 Å². The Morgan fingerprint density at radius 3 is 2.46 bits per heavy atom. The first kappa shape index (κ1) is 23.1. The number of aryl methyl sites for hydroxylation is 1. The summed E-state index contributed by atoms with van der Waals surface area (Å²) in [7, 11) is -3.85. The number of rotatable bonds is 5. The molecular weight excluding hydrogens is 460 g/mol. The average Bonchev–Trinajstić information content (AvgIpc) is 3.15. The predicted octanol–water partition coefficient (Wildman–Crippen LogP) is 4.67. The lowest BCUT2D eigenvalue weighted by atomic mass is 9.80. The van der Waals surface area contributed by atoms with Gasteiger partial charge in [-0.15, -0.1) is 0 Å². The minimum Gasteiger partial charge on any atom is -0.464 e. The summed E-state index contributed by atoms with van der Waals surface area (Å²) in [5.74, 6) is -1.01. The number of ether oxygens (including phenoxy) is 1. The van der Waals surface area contributed by atoms with E-state index in [0.717, 1.165) is 22.3 Å². The highest BCUT2D eigenvalue weighted by molar-refractivity contribution is 7.89. The largest absolute Gasteiger partial charge is 0.464 e. The van der Waals surface area contributed by atoms with Crippen LogP contribution in [0.3, 0.4) is 0 Å². The number of hydrogen-bond donors (Lipinski definition) is 0. The fourth-order valence-corrected chi connectivity index (χ4v) is 6.16. The van der Waals surface area contributed by atoms with E-state index in [4.69, 9.17) is 9.73 Å². The van der Waals surface area contributed by atoms with Crippen molar-refractivity contribution in [1.29, 1.82) is 0 Å². The van der Waals surface area contributed by atoms with Crippen molar-refractivity contribution < 1.29 is 17.9 Å². The Bertz CT molecular complexity index is 1430. The highest BCUT2D eigenvalue weighted by Crippen LogP contribution is 2.54. The molecule has 3 aromatic carbocycles. The number of carbonyl (C=O) groups excluding carboxylic acids is 1. The molecule has 5 rings (SSSR count). The molecule has 0 radical (unpaired) electrons. The molecule has 0 N–H and O–H groups in total. The van der Waals surface area contributed by atoms with E-state index < -0.39 is 27.4 Å². The molecule has 35 heavy (non-hydrogen) atoms. The number of sulfonamides is 1. The van der Waals surface area contributed by atoms with Crippen LogP contribution in [0.15, 0.2) is 88.8 Å². The van der Waals surface area contributed by atoms with Gasteiger partial charge in [0, 0.05) is 12.5 Å². The van der Waals surface area contributed by atoms with Crippen molar-refractivity contribution in [3.63, 3.8) is 0 Å². The number of carbonyl (C=O) groups is 1. The molecule has 178 valence electrons. The Kier molecular flexibility index (Phi) is 5.81. The first-order valence-corrected chi connectivity index (χ1v) is 13.0. The van der Waals surface area contributed by atoms with E-state index in [1.807, 2.05) is 67.6 Å². The molecule has 7 heteroatoms. The summed E-state index contributed by atoms with van der Waals surface area (Å²) in [5.41, 5.74) is 3.00. The van der Waals surface area contributed by atoms with Gasteiger partial charge in [0.05, 0.1) is 11.5 Å². The summed E-state index contributed by atoms with van der Waals surface area (Å²) in [6.45, 7) is 3.93. The van der Waals surface area contributed by atoms with Crippen molar-refractivity contribution in [2.75, 3.05) is 13.2 Å². The van der Waals surface area contributed by atoms with Gasteiger partial charge in [0.2, 0.25) is 0 Å². The number of aliphatic imine (C=N–C) groups is 1. The summed E-state index contributed by atoms with van der Waals surface area (Å²) in [6.07, 6.45) is 3.24. The molecule has 1 heterocycles. The van der Waals surface area contributed by atoms with Crippen LogP contribution >= 0.6 is 0 Å². The van der Waals surface area contributed by atoms with Crippen LogP contribution in [0.4, 0.5) is 0 Å². The highest BCUT2D eigenvalue weighted by atomic mass is 32.2. The van der Waals surface area contributed by atoms with E-state index in [2.05, 4.69) is 0 Å². The van der Waals surface area contributed by atoms with Crippen LogP contribution in [-0.4, -0.2) is 43.7 Å². The molecule has 2 unspecified atom stereocenters. The van der Waals surface area contributed by atoms with E-state index >= 15 is 0 Å². The molecule has 0 aromatic heterocycles. The van der Waals surface area contributed by atoms with E-state index in [-0.39, 0.29) is 18.0 Å². The minimum atomic E-state index is -3.85. The van der Waals surface area contributed by atoms with Gasteiger partial charge in [-0.05, 0) is 54.3 Å². The van der Waals surface area contributed by atoms with Gasteiger partial charge in [-0.2, -0.15) is 0 Å². The smallest absolute Gasteiger partial charge is 0.339 e. The minimum absolute atomic E-state index is 0.0711. The van der Waals surface area contributed by atoms with Gasteiger partial charge in [0.15, 0.2) is 5.54 Å². The third kappa shape index (κ3) is 3.76. The molecular formula is C28H26N2O4S. The number of esters is 1. The molecule has 6 nitrogen and oxygen atoms in total. The summed E-state index contributed by atoms with van der Waals surface area (Å²) < 4.78 is 33.7. The van der Waals surface area contributed by atoms with Crippen molar-refractivity contribution in [2.45, 2.75) is 30.2 Å². The molecule has 0 saturated heterocycles. The maximum atomic E-state index is 13.6. The van der Waals surface area contributed by atoms with Crippen LogP contribution < -0.4 is 0 Å². The Morgan fingerprint density at radius 1 is 1.06 bits per heavy atom. The highest BCUT2D eigenvalue weighted by Gasteiger charge is 2.59. The number of hydrogen-bond acceptors (Lipinski definition) is 5. The van der Waals surface area contributed by atoms with Gasteiger partial charge in [-0.25, -0.2) is 13.2 Å². The number of nitrogens with zero attached hydrogens (tertiary/aromatic N) is 2. The Morgan fingerprint density at radius 2 is 1.74 bits per heavy atom. The molecule has 2 atom stereocenters. The quantitative estimate of drug-likeness (QED) is 0.491. The van der Waals surface area contributed by atoms with Crippen LogP contribution in [0.2, 0.25) is 0 Å². The summed E-state index contributed by atoms with van der Waals surface area (Å²) in [4.78, 5) is 18.5. The lowest BCUT2D eigenvalue weighted by Gasteiger charge is -2.38. The van der Waals surface area contributed by atoms with E-state index in [1.165, 1.54) is 10.6 Å². The monoisotopic (exact) mass is 486 g/mol. The Balaban J connectivity index is 1.69. The topological polar surface area (TPSA) is 76.0 Å². The molecule has 2 aliphatic rings. The molecule has 1 aliphatic heterocycles. The molecule has 0 spiro atoms. The predicted molar refractivity (Wildman–Crippen MR) is 136 cm³/mol. The lowest BCUT2D eigenvalue weighted by Crippen LogP contribution is -2.51. The number of fused-ring (bicyclic) bond motifs is 3.